The maximum Gasteiger partial charge on any atom is 0.336 e. The summed E-state index contributed by atoms with van der Waals surface area (Å²) in [6.45, 7) is 5.64. The zero-order chi connectivity index (χ0) is 27.6. The van der Waals surface area contributed by atoms with Gasteiger partial charge in [-0.3, -0.25) is 0 Å². The molecule has 0 radical (unpaired) electrons. The highest BCUT2D eigenvalue weighted by Gasteiger charge is 2.14. The molecule has 0 bridgehead atoms. The largest absolute Gasteiger partial charge is 0.478 e. The van der Waals surface area contributed by atoms with Gasteiger partial charge in [0, 0.05) is 25.2 Å². The molecule has 4 rings (SSSR count). The van der Waals surface area contributed by atoms with E-state index >= 15 is 0 Å². The van der Waals surface area contributed by atoms with Crippen LogP contribution in [0.4, 0.5) is 10.5 Å². The Bertz CT molecular complexity index is 1410. The maximum absolute atomic E-state index is 12.4. The first-order valence-electron chi connectivity index (χ1n) is 14.0. The number of aromatic nitrogens is 2. The first kappa shape index (κ1) is 27.9. The number of urea groups is 1. The number of carbonyl (C=O) groups is 2. The van der Waals surface area contributed by atoms with Crippen molar-refractivity contribution in [3.05, 3.63) is 83.7 Å². The van der Waals surface area contributed by atoms with Gasteiger partial charge in [0.15, 0.2) is 0 Å². The van der Waals surface area contributed by atoms with Crippen LogP contribution in [0.15, 0.2) is 66.7 Å². The lowest BCUT2D eigenvalue weighted by molar-refractivity contribution is 0.0697. The van der Waals surface area contributed by atoms with Crippen molar-refractivity contribution in [3.8, 4) is 11.1 Å². The van der Waals surface area contributed by atoms with Gasteiger partial charge in [-0.05, 0) is 53.8 Å². The normalized spacial score (nSPS) is 11.0. The molecular weight excluding hydrogens is 488 g/mol. The van der Waals surface area contributed by atoms with Crippen LogP contribution < -0.4 is 10.6 Å². The minimum atomic E-state index is -0.935. The fourth-order valence-corrected chi connectivity index (χ4v) is 4.78. The molecule has 4 aromatic rings. The summed E-state index contributed by atoms with van der Waals surface area (Å²) < 4.78 is 2.22. The second-order valence-electron chi connectivity index (χ2n) is 9.91. The van der Waals surface area contributed by atoms with Gasteiger partial charge < -0.3 is 20.3 Å². The Morgan fingerprint density at radius 2 is 1.67 bits per heavy atom. The van der Waals surface area contributed by atoms with Crippen LogP contribution in [-0.4, -0.2) is 33.2 Å². The number of hydrogen-bond donors (Lipinski definition) is 3. The third-order valence-corrected chi connectivity index (χ3v) is 6.92. The average molecular weight is 527 g/mol. The standard InChI is InChI=1S/C32H38N4O3/c1-3-5-7-10-20-33-32(39)34-25-18-19-28-29(21-25)36(30(35-28)13-6-4-2)22-23-14-16-24(17-15-23)26-11-8-9-12-27(26)31(37)38/h8-9,11-12,14-19,21H,3-7,10,13,20,22H2,1-2H3,(H,37,38)(H2,33,34,39). The number of carbonyl (C=O) groups excluding carboxylic acids is 1. The molecule has 0 aliphatic carbocycles. The van der Waals surface area contributed by atoms with Gasteiger partial charge in [0.2, 0.25) is 0 Å². The van der Waals surface area contributed by atoms with Gasteiger partial charge in [-0.1, -0.05) is 82.0 Å². The number of rotatable bonds is 13. The number of fused-ring (bicyclic) bond motifs is 1. The number of benzene rings is 3. The molecule has 3 aromatic carbocycles. The number of aryl methyl sites for hydroxylation is 1. The van der Waals surface area contributed by atoms with Crippen LogP contribution in [0.1, 0.15) is 74.1 Å². The summed E-state index contributed by atoms with van der Waals surface area (Å²) in [4.78, 5) is 29.0. The lowest BCUT2D eigenvalue weighted by Crippen LogP contribution is -2.29. The number of nitrogens with zero attached hydrogens (tertiary/aromatic N) is 2. The van der Waals surface area contributed by atoms with Crippen molar-refractivity contribution in [3.63, 3.8) is 0 Å². The lowest BCUT2D eigenvalue weighted by atomic mass is 9.99. The molecule has 3 N–H and O–H groups in total. The Hall–Kier alpha value is -4.13. The Labute approximate surface area is 230 Å². The zero-order valence-electron chi connectivity index (χ0n) is 22.9. The van der Waals surface area contributed by atoms with Gasteiger partial charge in [0.1, 0.15) is 5.82 Å². The van der Waals surface area contributed by atoms with Crippen LogP contribution in [0, 0.1) is 0 Å². The van der Waals surface area contributed by atoms with E-state index in [1.165, 1.54) is 12.8 Å². The number of nitrogens with one attached hydrogen (secondary N) is 2. The summed E-state index contributed by atoms with van der Waals surface area (Å²) in [5.74, 6) is 0.0828. The van der Waals surface area contributed by atoms with E-state index in [9.17, 15) is 14.7 Å². The summed E-state index contributed by atoms with van der Waals surface area (Å²) in [6.07, 6.45) is 7.44. The van der Waals surface area contributed by atoms with Gasteiger partial charge in [0.25, 0.3) is 0 Å². The SMILES string of the molecule is CCCCCCNC(=O)Nc1ccc2nc(CCCC)n(Cc3ccc(-c4ccccc4C(=O)O)cc3)c2c1. The van der Waals surface area contributed by atoms with Crippen molar-refractivity contribution in [2.24, 2.45) is 0 Å². The van der Waals surface area contributed by atoms with E-state index in [1.807, 2.05) is 54.6 Å². The van der Waals surface area contributed by atoms with E-state index in [0.29, 0.717) is 18.7 Å². The molecule has 0 saturated heterocycles. The summed E-state index contributed by atoms with van der Waals surface area (Å²) in [7, 11) is 0. The van der Waals surface area contributed by atoms with Crippen molar-refractivity contribution in [1.29, 1.82) is 0 Å². The average Bonchev–Trinajstić information content (AvgIpc) is 3.28. The molecule has 0 saturated carbocycles. The van der Waals surface area contributed by atoms with Crippen molar-refractivity contribution in [2.75, 3.05) is 11.9 Å². The molecule has 0 aliphatic heterocycles. The molecule has 204 valence electrons. The molecule has 0 aliphatic rings. The Kier molecular flexibility index (Phi) is 9.73. The molecule has 0 unspecified atom stereocenters. The van der Waals surface area contributed by atoms with Crippen LogP contribution in [-0.2, 0) is 13.0 Å². The van der Waals surface area contributed by atoms with E-state index in [4.69, 9.17) is 4.98 Å². The fourth-order valence-electron chi connectivity index (χ4n) is 4.78. The highest BCUT2D eigenvalue weighted by molar-refractivity contribution is 5.96. The first-order chi connectivity index (χ1) is 19.0. The smallest absolute Gasteiger partial charge is 0.336 e. The molecule has 0 atom stereocenters. The maximum atomic E-state index is 12.4. The van der Waals surface area contributed by atoms with Crippen LogP contribution in [0.3, 0.4) is 0 Å². The first-order valence-corrected chi connectivity index (χ1v) is 14.0. The van der Waals surface area contributed by atoms with Gasteiger partial charge in [-0.2, -0.15) is 0 Å². The molecule has 0 spiro atoms. The summed E-state index contributed by atoms with van der Waals surface area (Å²) in [5.41, 5.74) is 5.56. The minimum absolute atomic E-state index is 0.194. The molecule has 7 heteroatoms. The predicted octanol–water partition coefficient (Wildman–Crippen LogP) is 7.49. The van der Waals surface area contributed by atoms with Crippen LogP contribution >= 0.6 is 0 Å². The molecule has 0 fully saturated rings. The van der Waals surface area contributed by atoms with Gasteiger partial charge in [-0.25, -0.2) is 14.6 Å². The molecule has 2 amide bonds. The van der Waals surface area contributed by atoms with Crippen LogP contribution in [0.2, 0.25) is 0 Å². The topological polar surface area (TPSA) is 96.3 Å². The highest BCUT2D eigenvalue weighted by Crippen LogP contribution is 2.26. The minimum Gasteiger partial charge on any atom is -0.478 e. The fraction of sp³-hybridized carbons (Fsp3) is 0.344. The van der Waals surface area contributed by atoms with E-state index in [1.54, 1.807) is 12.1 Å². The van der Waals surface area contributed by atoms with Crippen molar-refractivity contribution < 1.29 is 14.7 Å². The molecule has 1 aromatic heterocycles. The number of amides is 2. The number of carboxylic acids is 1. The number of carboxylic acid groups (broad SMARTS) is 1. The number of imidazole rings is 1. The van der Waals surface area contributed by atoms with Gasteiger partial charge >= 0.3 is 12.0 Å². The van der Waals surface area contributed by atoms with E-state index in [2.05, 4.69) is 29.0 Å². The molecule has 39 heavy (non-hydrogen) atoms. The zero-order valence-corrected chi connectivity index (χ0v) is 22.9. The summed E-state index contributed by atoms with van der Waals surface area (Å²) in [5, 5.41) is 15.5. The Balaban J connectivity index is 1.55. The monoisotopic (exact) mass is 526 g/mol. The second-order valence-corrected chi connectivity index (χ2v) is 9.91. The third kappa shape index (κ3) is 7.25. The number of hydrogen-bond acceptors (Lipinski definition) is 3. The van der Waals surface area contributed by atoms with Crippen LogP contribution in [0.25, 0.3) is 22.2 Å². The van der Waals surface area contributed by atoms with E-state index < -0.39 is 5.97 Å². The number of anilines is 1. The van der Waals surface area contributed by atoms with Crippen molar-refractivity contribution in [1.82, 2.24) is 14.9 Å². The molecule has 1 heterocycles. The van der Waals surface area contributed by atoms with E-state index in [-0.39, 0.29) is 11.6 Å². The van der Waals surface area contributed by atoms with Gasteiger partial charge in [-0.15, -0.1) is 0 Å². The highest BCUT2D eigenvalue weighted by atomic mass is 16.4. The Morgan fingerprint density at radius 3 is 2.41 bits per heavy atom. The quantitative estimate of drug-likeness (QED) is 0.157. The Morgan fingerprint density at radius 1 is 0.897 bits per heavy atom. The molecular formula is C32H38N4O3. The van der Waals surface area contributed by atoms with Crippen LogP contribution in [0.5, 0.6) is 0 Å². The van der Waals surface area contributed by atoms with Crippen molar-refractivity contribution >= 4 is 28.7 Å². The second kappa shape index (κ2) is 13.6. The van der Waals surface area contributed by atoms with Crippen molar-refractivity contribution in [2.45, 2.75) is 65.3 Å². The summed E-state index contributed by atoms with van der Waals surface area (Å²) in [6, 6.07) is 20.7. The lowest BCUT2D eigenvalue weighted by Gasteiger charge is -2.12. The summed E-state index contributed by atoms with van der Waals surface area (Å²) >= 11 is 0. The molecule has 7 nitrogen and oxygen atoms in total. The number of unbranched alkanes of at least 4 members (excludes halogenated alkanes) is 4. The van der Waals surface area contributed by atoms with Gasteiger partial charge in [0.05, 0.1) is 16.6 Å². The van der Waals surface area contributed by atoms with E-state index in [0.717, 1.165) is 65.8 Å². The predicted molar refractivity (Wildman–Crippen MR) is 157 cm³/mol. The number of aromatic carboxylic acids is 1. The third-order valence-electron chi connectivity index (χ3n) is 6.92.